The lowest BCUT2D eigenvalue weighted by molar-refractivity contribution is 0.0174. The van der Waals surface area contributed by atoms with Crippen LogP contribution in [-0.4, -0.2) is 61.1 Å². The summed E-state index contributed by atoms with van der Waals surface area (Å²) in [6.07, 6.45) is 0. The highest BCUT2D eigenvalue weighted by molar-refractivity contribution is 14.0. The lowest BCUT2D eigenvalue weighted by Gasteiger charge is -2.47. The smallest absolute Gasteiger partial charge is 0.189 e. The molecule has 3 saturated heterocycles. The first kappa shape index (κ1) is 20.0. The summed E-state index contributed by atoms with van der Waals surface area (Å²) in [5, 5.41) is 4.47. The summed E-state index contributed by atoms with van der Waals surface area (Å²) < 4.78 is 0. The number of piperazine rings is 3. The summed E-state index contributed by atoms with van der Waals surface area (Å²) >= 11 is 12.2. The lowest BCUT2D eigenvalue weighted by atomic mass is 10.1. The van der Waals surface area contributed by atoms with E-state index in [-0.39, 0.29) is 30.0 Å². The van der Waals surface area contributed by atoms with Crippen molar-refractivity contribution in [3.05, 3.63) is 33.8 Å². The maximum Gasteiger partial charge on any atom is 0.189 e. The van der Waals surface area contributed by atoms with Crippen molar-refractivity contribution in [2.75, 3.05) is 39.3 Å². The second-order valence-corrected chi connectivity index (χ2v) is 7.09. The molecule has 2 unspecified atom stereocenters. The number of rotatable bonds is 4. The number of aliphatic imine (C=N–C) groups is 1. The molecule has 1 aromatic carbocycles. The molecule has 2 atom stereocenters. The van der Waals surface area contributed by atoms with Crippen LogP contribution in [0.15, 0.2) is 23.2 Å². The average Bonchev–Trinajstić information content (AvgIpc) is 2.54. The number of hydrogen-bond acceptors (Lipinski definition) is 3. The third-order valence-corrected chi connectivity index (χ3v) is 5.22. The number of halogens is 3. The van der Waals surface area contributed by atoms with E-state index in [0.29, 0.717) is 22.0 Å². The Labute approximate surface area is 170 Å². The molecule has 2 bridgehead atoms. The van der Waals surface area contributed by atoms with Crippen LogP contribution in [0.5, 0.6) is 0 Å². The Hall–Kier alpha value is -0.280. The third-order valence-electron chi connectivity index (χ3n) is 4.66. The van der Waals surface area contributed by atoms with E-state index in [1.54, 1.807) is 6.07 Å². The van der Waals surface area contributed by atoms with Gasteiger partial charge in [0.1, 0.15) is 0 Å². The lowest BCUT2D eigenvalue weighted by Crippen LogP contribution is -2.61. The molecule has 3 N–H and O–H groups in total. The van der Waals surface area contributed by atoms with Crippen LogP contribution in [-0.2, 0) is 0 Å². The van der Waals surface area contributed by atoms with Crippen LogP contribution >= 0.6 is 47.2 Å². The van der Waals surface area contributed by atoms with E-state index in [4.69, 9.17) is 28.9 Å². The molecule has 0 amide bonds. The zero-order chi connectivity index (χ0) is 16.4. The molecule has 3 fully saturated rings. The summed E-state index contributed by atoms with van der Waals surface area (Å²) in [6, 6.07) is 5.94. The van der Waals surface area contributed by atoms with Gasteiger partial charge < -0.3 is 11.1 Å². The summed E-state index contributed by atoms with van der Waals surface area (Å²) in [5.41, 5.74) is 7.00. The Kier molecular flexibility index (Phi) is 7.42. The SMILES string of the molecule is CC(NC(N)=NCC1CN2CCN1CC2)c1ccc(Cl)cc1Cl.I. The van der Waals surface area contributed by atoms with Gasteiger partial charge in [-0.2, -0.15) is 0 Å². The first-order chi connectivity index (χ1) is 11.0. The molecule has 0 saturated carbocycles. The number of nitrogens with zero attached hydrogens (tertiary/aromatic N) is 3. The van der Waals surface area contributed by atoms with Gasteiger partial charge in [-0.05, 0) is 24.6 Å². The summed E-state index contributed by atoms with van der Waals surface area (Å²) in [5.74, 6) is 0.459. The van der Waals surface area contributed by atoms with Crippen LogP contribution < -0.4 is 11.1 Å². The zero-order valence-electron chi connectivity index (χ0n) is 13.7. The van der Waals surface area contributed by atoms with Crippen LogP contribution in [0.2, 0.25) is 10.0 Å². The van der Waals surface area contributed by atoms with Gasteiger partial charge in [-0.25, -0.2) is 0 Å². The highest BCUT2D eigenvalue weighted by Gasteiger charge is 2.31. The molecular formula is C16H24Cl2IN5. The van der Waals surface area contributed by atoms with Gasteiger partial charge in [0.25, 0.3) is 0 Å². The predicted molar refractivity (Wildman–Crippen MR) is 112 cm³/mol. The molecule has 1 aromatic rings. The van der Waals surface area contributed by atoms with E-state index in [2.05, 4.69) is 20.1 Å². The number of fused-ring (bicyclic) bond motifs is 3. The van der Waals surface area contributed by atoms with E-state index < -0.39 is 0 Å². The van der Waals surface area contributed by atoms with E-state index in [1.807, 2.05) is 19.1 Å². The van der Waals surface area contributed by atoms with Crippen LogP contribution in [0.3, 0.4) is 0 Å². The summed E-state index contributed by atoms with van der Waals surface area (Å²) in [4.78, 5) is 9.54. The maximum absolute atomic E-state index is 6.23. The average molecular weight is 484 g/mol. The van der Waals surface area contributed by atoms with Gasteiger partial charge in [-0.15, -0.1) is 24.0 Å². The number of benzene rings is 1. The van der Waals surface area contributed by atoms with Crippen LogP contribution in [0.25, 0.3) is 0 Å². The molecule has 3 aliphatic rings. The minimum Gasteiger partial charge on any atom is -0.370 e. The van der Waals surface area contributed by atoms with E-state index in [9.17, 15) is 0 Å². The van der Waals surface area contributed by atoms with Crippen molar-refractivity contribution in [3.63, 3.8) is 0 Å². The van der Waals surface area contributed by atoms with Crippen LogP contribution in [0.4, 0.5) is 0 Å². The van der Waals surface area contributed by atoms with Crippen molar-refractivity contribution in [3.8, 4) is 0 Å². The second-order valence-electron chi connectivity index (χ2n) is 6.25. The Morgan fingerprint density at radius 3 is 2.62 bits per heavy atom. The van der Waals surface area contributed by atoms with Crippen molar-refractivity contribution in [1.82, 2.24) is 15.1 Å². The number of nitrogens with two attached hydrogens (primary N) is 1. The van der Waals surface area contributed by atoms with Crippen LogP contribution in [0, 0.1) is 0 Å². The van der Waals surface area contributed by atoms with E-state index in [0.717, 1.165) is 31.7 Å². The number of guanidine groups is 1. The monoisotopic (exact) mass is 483 g/mol. The Morgan fingerprint density at radius 2 is 2.04 bits per heavy atom. The van der Waals surface area contributed by atoms with E-state index >= 15 is 0 Å². The summed E-state index contributed by atoms with van der Waals surface area (Å²) in [7, 11) is 0. The minimum atomic E-state index is -0.0182. The largest absolute Gasteiger partial charge is 0.370 e. The van der Waals surface area contributed by atoms with E-state index in [1.165, 1.54) is 13.1 Å². The van der Waals surface area contributed by atoms with Crippen molar-refractivity contribution in [2.24, 2.45) is 10.7 Å². The fraction of sp³-hybridized carbons (Fsp3) is 0.562. The molecule has 5 nitrogen and oxygen atoms in total. The third kappa shape index (κ3) is 4.88. The van der Waals surface area contributed by atoms with Crippen LogP contribution in [0.1, 0.15) is 18.5 Å². The van der Waals surface area contributed by atoms with Gasteiger partial charge in [0, 0.05) is 48.8 Å². The number of nitrogens with one attached hydrogen (secondary N) is 1. The molecule has 24 heavy (non-hydrogen) atoms. The van der Waals surface area contributed by atoms with Crippen molar-refractivity contribution < 1.29 is 0 Å². The van der Waals surface area contributed by atoms with Gasteiger partial charge in [-0.1, -0.05) is 29.3 Å². The maximum atomic E-state index is 6.23. The first-order valence-electron chi connectivity index (χ1n) is 8.01. The van der Waals surface area contributed by atoms with Gasteiger partial charge in [0.2, 0.25) is 0 Å². The Bertz CT molecular complexity index is 590. The predicted octanol–water partition coefficient (Wildman–Crippen LogP) is 2.58. The van der Waals surface area contributed by atoms with Gasteiger partial charge >= 0.3 is 0 Å². The fourth-order valence-electron chi connectivity index (χ4n) is 3.30. The summed E-state index contributed by atoms with van der Waals surface area (Å²) in [6.45, 7) is 8.48. The van der Waals surface area contributed by atoms with Gasteiger partial charge in [-0.3, -0.25) is 14.8 Å². The normalized spacial score (nSPS) is 27.5. The molecule has 3 heterocycles. The molecule has 0 spiro atoms. The molecule has 3 aliphatic heterocycles. The van der Waals surface area contributed by atoms with Gasteiger partial charge in [0.05, 0.1) is 12.6 Å². The molecular weight excluding hydrogens is 460 g/mol. The molecule has 4 rings (SSSR count). The highest BCUT2D eigenvalue weighted by Crippen LogP contribution is 2.26. The minimum absolute atomic E-state index is 0. The Morgan fingerprint density at radius 1 is 1.33 bits per heavy atom. The fourth-order valence-corrected chi connectivity index (χ4v) is 3.87. The molecule has 0 aromatic heterocycles. The van der Waals surface area contributed by atoms with Crippen molar-refractivity contribution >= 4 is 53.1 Å². The number of hydrogen-bond donors (Lipinski definition) is 2. The van der Waals surface area contributed by atoms with Crippen molar-refractivity contribution in [2.45, 2.75) is 19.0 Å². The standard InChI is InChI=1S/C16H23Cl2N5.HI/c1-11(14-3-2-12(17)8-15(14)18)21-16(19)20-9-13-10-22-4-6-23(13)7-5-22;/h2-3,8,11,13H,4-7,9-10H2,1H3,(H3,19,20,21);1H. The second kappa shape index (κ2) is 8.89. The molecule has 134 valence electrons. The van der Waals surface area contributed by atoms with Crippen molar-refractivity contribution in [1.29, 1.82) is 0 Å². The zero-order valence-corrected chi connectivity index (χ0v) is 17.6. The quantitative estimate of drug-likeness (QED) is 0.392. The molecule has 0 radical (unpaired) electrons. The first-order valence-corrected chi connectivity index (χ1v) is 8.76. The highest BCUT2D eigenvalue weighted by atomic mass is 127. The Balaban J connectivity index is 0.00000208. The van der Waals surface area contributed by atoms with Gasteiger partial charge in [0.15, 0.2) is 5.96 Å². The molecule has 0 aliphatic carbocycles. The molecule has 8 heteroatoms. The topological polar surface area (TPSA) is 56.9 Å².